The zero-order chi connectivity index (χ0) is 12.0. The summed E-state index contributed by atoms with van der Waals surface area (Å²) in [7, 11) is 1.20. The number of rotatable bonds is 3. The topological polar surface area (TPSA) is 73.9 Å². The van der Waals surface area contributed by atoms with Crippen molar-refractivity contribution in [2.75, 3.05) is 7.11 Å². The molecule has 4 nitrogen and oxygen atoms in total. The van der Waals surface area contributed by atoms with Crippen LogP contribution in [0.4, 0.5) is 0 Å². The van der Waals surface area contributed by atoms with Gasteiger partial charge in [0.2, 0.25) is 0 Å². The van der Waals surface area contributed by atoms with Gasteiger partial charge in [0.05, 0.1) is 25.2 Å². The molecule has 0 aliphatic heterocycles. The molecule has 0 heterocycles. The minimum Gasteiger partial charge on any atom is -0.468 e. The van der Waals surface area contributed by atoms with Crippen LogP contribution < -0.4 is 0 Å². The van der Waals surface area contributed by atoms with Crippen LogP contribution in [0.2, 0.25) is 0 Å². The second-order valence-electron chi connectivity index (χ2n) is 3.15. The molecule has 80 valence electrons. The summed E-state index contributed by atoms with van der Waals surface area (Å²) in [6.07, 6.45) is 0. The van der Waals surface area contributed by atoms with Gasteiger partial charge in [0, 0.05) is 0 Å². The van der Waals surface area contributed by atoms with Crippen molar-refractivity contribution >= 4 is 5.97 Å². The Morgan fingerprint density at radius 1 is 1.25 bits per heavy atom. The lowest BCUT2D eigenvalue weighted by atomic mass is 9.88. The Morgan fingerprint density at radius 3 is 2.31 bits per heavy atom. The third-order valence-corrected chi connectivity index (χ3v) is 2.23. The quantitative estimate of drug-likeness (QED) is 0.716. The molecule has 0 fully saturated rings. The Balaban J connectivity index is 3.04. The van der Waals surface area contributed by atoms with E-state index in [9.17, 15) is 4.79 Å². The van der Waals surface area contributed by atoms with E-state index in [4.69, 9.17) is 10.5 Å². The van der Waals surface area contributed by atoms with Crippen LogP contribution in [0.3, 0.4) is 0 Å². The molecule has 0 saturated heterocycles. The van der Waals surface area contributed by atoms with E-state index in [2.05, 4.69) is 4.74 Å². The second-order valence-corrected chi connectivity index (χ2v) is 3.15. The van der Waals surface area contributed by atoms with Gasteiger partial charge in [0.1, 0.15) is 0 Å². The molecule has 1 rings (SSSR count). The van der Waals surface area contributed by atoms with E-state index >= 15 is 0 Å². The first-order valence-corrected chi connectivity index (χ1v) is 4.66. The summed E-state index contributed by atoms with van der Waals surface area (Å²) in [6, 6.07) is 12.5. The van der Waals surface area contributed by atoms with Crippen LogP contribution in [0.25, 0.3) is 0 Å². The molecular weight excluding hydrogens is 204 g/mol. The van der Waals surface area contributed by atoms with Crippen LogP contribution in [-0.4, -0.2) is 13.1 Å². The Labute approximate surface area is 93.7 Å². The largest absolute Gasteiger partial charge is 0.468 e. The third-order valence-electron chi connectivity index (χ3n) is 2.23. The maximum Gasteiger partial charge on any atom is 0.324 e. The highest BCUT2D eigenvalue weighted by Crippen LogP contribution is 2.24. The average Bonchev–Trinajstić information content (AvgIpc) is 2.36. The van der Waals surface area contributed by atoms with Gasteiger partial charge >= 0.3 is 5.97 Å². The van der Waals surface area contributed by atoms with Gasteiger partial charge in [-0.3, -0.25) is 4.79 Å². The Morgan fingerprint density at radius 2 is 1.88 bits per heavy atom. The second kappa shape index (κ2) is 5.53. The summed E-state index contributed by atoms with van der Waals surface area (Å²) >= 11 is 0. The number of methoxy groups -OCH3 is 1. The molecule has 0 spiro atoms. The lowest BCUT2D eigenvalue weighted by Gasteiger charge is -2.13. The first-order chi connectivity index (χ1) is 7.74. The van der Waals surface area contributed by atoms with Crippen LogP contribution in [0, 0.1) is 28.6 Å². The molecule has 1 aromatic carbocycles. The highest BCUT2D eigenvalue weighted by atomic mass is 16.5. The van der Waals surface area contributed by atoms with Crippen molar-refractivity contribution in [1.82, 2.24) is 0 Å². The molecule has 4 heteroatoms. The van der Waals surface area contributed by atoms with Gasteiger partial charge in [-0.2, -0.15) is 10.5 Å². The predicted octanol–water partition coefficient (Wildman–Crippen LogP) is 1.61. The summed E-state index contributed by atoms with van der Waals surface area (Å²) in [5.41, 5.74) is 0.641. The summed E-state index contributed by atoms with van der Waals surface area (Å²) < 4.78 is 4.49. The summed E-state index contributed by atoms with van der Waals surface area (Å²) in [4.78, 5) is 11.3. The van der Waals surface area contributed by atoms with Crippen LogP contribution in [0.15, 0.2) is 30.3 Å². The summed E-state index contributed by atoms with van der Waals surface area (Å²) in [5.74, 6) is -2.56. The van der Waals surface area contributed by atoms with Crippen molar-refractivity contribution in [2.45, 2.75) is 5.92 Å². The average molecular weight is 214 g/mol. The highest BCUT2D eigenvalue weighted by Gasteiger charge is 2.30. The van der Waals surface area contributed by atoms with Gasteiger partial charge in [-0.05, 0) is 5.56 Å². The van der Waals surface area contributed by atoms with E-state index in [0.717, 1.165) is 0 Å². The smallest absolute Gasteiger partial charge is 0.324 e. The van der Waals surface area contributed by atoms with Crippen molar-refractivity contribution < 1.29 is 9.53 Å². The van der Waals surface area contributed by atoms with Gasteiger partial charge in [-0.1, -0.05) is 30.3 Å². The van der Waals surface area contributed by atoms with Crippen molar-refractivity contribution in [1.29, 1.82) is 10.5 Å². The molecular formula is C12H10N2O2. The molecule has 0 aliphatic rings. The van der Waals surface area contributed by atoms with Crippen molar-refractivity contribution in [3.05, 3.63) is 35.9 Å². The monoisotopic (exact) mass is 214 g/mol. The first-order valence-electron chi connectivity index (χ1n) is 4.66. The van der Waals surface area contributed by atoms with E-state index in [0.29, 0.717) is 5.56 Å². The number of hydrogen-bond acceptors (Lipinski definition) is 4. The number of hydrogen-bond donors (Lipinski definition) is 0. The number of nitrogens with zero attached hydrogens (tertiary/aromatic N) is 2. The van der Waals surface area contributed by atoms with Gasteiger partial charge in [-0.15, -0.1) is 0 Å². The van der Waals surface area contributed by atoms with Gasteiger partial charge < -0.3 is 4.74 Å². The molecule has 2 unspecified atom stereocenters. The molecule has 0 saturated carbocycles. The molecule has 0 radical (unpaired) electrons. The molecule has 0 N–H and O–H groups in total. The maximum atomic E-state index is 11.3. The normalized spacial score (nSPS) is 12.9. The fourth-order valence-electron chi connectivity index (χ4n) is 1.39. The van der Waals surface area contributed by atoms with Crippen LogP contribution in [0.1, 0.15) is 11.5 Å². The minimum atomic E-state index is -1.09. The zero-order valence-corrected chi connectivity index (χ0v) is 8.75. The fourth-order valence-corrected chi connectivity index (χ4v) is 1.39. The molecule has 0 aliphatic carbocycles. The third kappa shape index (κ3) is 2.37. The SMILES string of the molecule is COC(=O)C(C#N)C(C#N)c1ccccc1. The van der Waals surface area contributed by atoms with E-state index < -0.39 is 17.8 Å². The van der Waals surface area contributed by atoms with Crippen LogP contribution >= 0.6 is 0 Å². The molecule has 0 bridgehead atoms. The zero-order valence-electron chi connectivity index (χ0n) is 8.75. The van der Waals surface area contributed by atoms with Crippen molar-refractivity contribution in [3.63, 3.8) is 0 Å². The number of ether oxygens (including phenoxy) is 1. The van der Waals surface area contributed by atoms with Crippen LogP contribution in [-0.2, 0) is 9.53 Å². The van der Waals surface area contributed by atoms with Crippen LogP contribution in [0.5, 0.6) is 0 Å². The number of benzene rings is 1. The lowest BCUT2D eigenvalue weighted by molar-refractivity contribution is -0.143. The number of carbonyl (C=O) groups excluding carboxylic acids is 1. The van der Waals surface area contributed by atoms with Crippen molar-refractivity contribution in [2.24, 2.45) is 5.92 Å². The van der Waals surface area contributed by atoms with E-state index in [1.54, 1.807) is 36.4 Å². The summed E-state index contributed by atoms with van der Waals surface area (Å²) in [6.45, 7) is 0. The predicted molar refractivity (Wildman–Crippen MR) is 55.9 cm³/mol. The molecule has 1 aromatic rings. The number of carbonyl (C=O) groups is 1. The first kappa shape index (κ1) is 11.7. The van der Waals surface area contributed by atoms with Gasteiger partial charge in [0.25, 0.3) is 0 Å². The number of esters is 1. The highest BCUT2D eigenvalue weighted by molar-refractivity contribution is 5.77. The summed E-state index contributed by atoms with van der Waals surface area (Å²) in [5, 5.41) is 17.9. The van der Waals surface area contributed by atoms with Gasteiger partial charge in [-0.25, -0.2) is 0 Å². The van der Waals surface area contributed by atoms with E-state index in [1.807, 2.05) is 6.07 Å². The molecule has 16 heavy (non-hydrogen) atoms. The Hall–Kier alpha value is -2.33. The molecule has 2 atom stereocenters. The molecule has 0 aromatic heterocycles. The molecule has 0 amide bonds. The standard InChI is InChI=1S/C12H10N2O2/c1-16-12(15)11(8-14)10(7-13)9-5-3-2-4-6-9/h2-6,10-11H,1H3. The van der Waals surface area contributed by atoms with Crippen molar-refractivity contribution in [3.8, 4) is 12.1 Å². The minimum absolute atomic E-state index is 0.641. The number of nitriles is 2. The van der Waals surface area contributed by atoms with E-state index in [-0.39, 0.29) is 0 Å². The van der Waals surface area contributed by atoms with Gasteiger partial charge in [0.15, 0.2) is 5.92 Å². The maximum absolute atomic E-state index is 11.3. The Bertz CT molecular complexity index is 442. The van der Waals surface area contributed by atoms with E-state index in [1.165, 1.54) is 7.11 Å². The Kier molecular flexibility index (Phi) is 4.06. The fraction of sp³-hybridized carbons (Fsp3) is 0.250. The lowest BCUT2D eigenvalue weighted by Crippen LogP contribution is -2.21.